The molecule has 0 aliphatic heterocycles. The molecule has 0 aliphatic carbocycles. The predicted molar refractivity (Wildman–Crippen MR) is 100 cm³/mol. The smallest absolute Gasteiger partial charge is 0.338 e. The number of thiophene rings is 1. The number of nitrogens with one attached hydrogen (secondary N) is 1. The number of halogens is 1. The quantitative estimate of drug-likeness (QED) is 0.615. The minimum Gasteiger partial charge on any atom is -0.478 e. The minimum atomic E-state index is -3.92. The second kappa shape index (κ2) is 7.36. The van der Waals surface area contributed by atoms with Crippen molar-refractivity contribution in [3.05, 3.63) is 70.6 Å². The van der Waals surface area contributed by atoms with Crippen LogP contribution in [0.1, 0.15) is 10.4 Å². The largest absolute Gasteiger partial charge is 0.478 e. The summed E-state index contributed by atoms with van der Waals surface area (Å²) >= 11 is 7.02. The molecule has 2 aromatic carbocycles. The fourth-order valence-electron chi connectivity index (χ4n) is 2.08. The zero-order valence-electron chi connectivity index (χ0n) is 13.0. The number of sulfonamides is 1. The molecule has 9 heteroatoms. The van der Waals surface area contributed by atoms with Crippen LogP contribution in [0.3, 0.4) is 0 Å². The first kappa shape index (κ1) is 18.2. The normalized spacial score (nSPS) is 11.1. The van der Waals surface area contributed by atoms with Gasteiger partial charge in [-0.15, -0.1) is 11.3 Å². The van der Waals surface area contributed by atoms with Crippen molar-refractivity contribution in [3.8, 4) is 11.5 Å². The van der Waals surface area contributed by atoms with Gasteiger partial charge in [-0.1, -0.05) is 23.7 Å². The van der Waals surface area contributed by atoms with E-state index in [4.69, 9.17) is 21.4 Å². The molecule has 0 saturated heterocycles. The first-order valence-electron chi connectivity index (χ1n) is 7.23. The third-order valence-corrected chi connectivity index (χ3v) is 5.96. The highest BCUT2D eigenvalue weighted by atomic mass is 35.5. The minimum absolute atomic E-state index is 0.0197. The van der Waals surface area contributed by atoms with Crippen LogP contribution in [0, 0.1) is 0 Å². The number of ether oxygens (including phenoxy) is 1. The Morgan fingerprint density at radius 1 is 1.08 bits per heavy atom. The molecular weight excluding hydrogens is 398 g/mol. The van der Waals surface area contributed by atoms with E-state index in [2.05, 4.69) is 4.72 Å². The molecule has 134 valence electrons. The number of aromatic carboxylic acids is 1. The lowest BCUT2D eigenvalue weighted by molar-refractivity contribution is 0.0698. The monoisotopic (exact) mass is 409 g/mol. The molecule has 1 aromatic heterocycles. The van der Waals surface area contributed by atoms with Crippen molar-refractivity contribution >= 4 is 43.9 Å². The summed E-state index contributed by atoms with van der Waals surface area (Å²) < 4.78 is 32.8. The summed E-state index contributed by atoms with van der Waals surface area (Å²) in [4.78, 5) is 11.1. The molecule has 0 amide bonds. The van der Waals surface area contributed by atoms with Gasteiger partial charge in [0.05, 0.1) is 15.5 Å². The number of carbonyl (C=O) groups is 1. The van der Waals surface area contributed by atoms with Crippen LogP contribution in [0.4, 0.5) is 5.00 Å². The van der Waals surface area contributed by atoms with Crippen molar-refractivity contribution in [2.45, 2.75) is 4.90 Å². The molecular formula is C17H12ClNO5S2. The Labute approximate surface area is 158 Å². The van der Waals surface area contributed by atoms with Gasteiger partial charge in [-0.3, -0.25) is 4.72 Å². The second-order valence-electron chi connectivity index (χ2n) is 5.08. The molecule has 3 rings (SSSR count). The summed E-state index contributed by atoms with van der Waals surface area (Å²) in [6.07, 6.45) is 0. The van der Waals surface area contributed by atoms with Crippen LogP contribution in [-0.2, 0) is 10.0 Å². The molecule has 0 bridgehead atoms. The van der Waals surface area contributed by atoms with Gasteiger partial charge < -0.3 is 9.84 Å². The Bertz CT molecular complexity index is 1050. The van der Waals surface area contributed by atoms with Crippen LogP contribution >= 0.6 is 22.9 Å². The molecule has 26 heavy (non-hydrogen) atoms. The Hall–Kier alpha value is -2.55. The molecule has 0 aliphatic rings. The van der Waals surface area contributed by atoms with Crippen LogP contribution in [0.5, 0.6) is 11.5 Å². The molecule has 2 N–H and O–H groups in total. The van der Waals surface area contributed by atoms with Crippen molar-refractivity contribution in [1.29, 1.82) is 0 Å². The second-order valence-corrected chi connectivity index (χ2v) is 8.08. The maximum Gasteiger partial charge on any atom is 0.338 e. The number of hydrogen-bond donors (Lipinski definition) is 2. The molecule has 6 nitrogen and oxygen atoms in total. The van der Waals surface area contributed by atoms with E-state index in [1.54, 1.807) is 24.3 Å². The molecule has 0 spiro atoms. The molecule has 0 fully saturated rings. The highest BCUT2D eigenvalue weighted by Crippen LogP contribution is 2.30. The molecule has 1 heterocycles. The number of benzene rings is 2. The highest BCUT2D eigenvalue weighted by Gasteiger charge is 2.19. The SMILES string of the molecule is O=C(O)c1ccsc1NS(=O)(=O)c1ccc(Oc2ccccc2Cl)cc1. The standard InChI is InChI=1S/C17H12ClNO5S2/c18-14-3-1-2-4-15(14)24-11-5-7-12(8-6-11)26(22,23)19-16-13(17(20)21)9-10-25-16/h1-10,19H,(H,20,21). The molecule has 0 unspecified atom stereocenters. The number of anilines is 1. The Balaban J connectivity index is 1.80. The zero-order valence-corrected chi connectivity index (χ0v) is 15.4. The van der Waals surface area contributed by atoms with Crippen molar-refractivity contribution in [2.75, 3.05) is 4.72 Å². The van der Waals surface area contributed by atoms with Crippen molar-refractivity contribution in [2.24, 2.45) is 0 Å². The van der Waals surface area contributed by atoms with Gasteiger partial charge in [-0.25, -0.2) is 13.2 Å². The maximum absolute atomic E-state index is 12.4. The van der Waals surface area contributed by atoms with E-state index in [1.165, 1.54) is 35.7 Å². The van der Waals surface area contributed by atoms with E-state index in [1.807, 2.05) is 0 Å². The van der Waals surface area contributed by atoms with Crippen LogP contribution in [0.25, 0.3) is 0 Å². The van der Waals surface area contributed by atoms with Gasteiger partial charge in [0.25, 0.3) is 10.0 Å². The Kier molecular flexibility index (Phi) is 5.17. The lowest BCUT2D eigenvalue weighted by Gasteiger charge is -2.10. The topological polar surface area (TPSA) is 92.7 Å². The third kappa shape index (κ3) is 3.98. The van der Waals surface area contributed by atoms with Crippen molar-refractivity contribution < 1.29 is 23.1 Å². The van der Waals surface area contributed by atoms with E-state index >= 15 is 0 Å². The molecule has 0 radical (unpaired) electrons. The van der Waals surface area contributed by atoms with E-state index in [0.29, 0.717) is 16.5 Å². The summed E-state index contributed by atoms with van der Waals surface area (Å²) in [5, 5.41) is 11.1. The van der Waals surface area contributed by atoms with Crippen LogP contribution in [0.2, 0.25) is 5.02 Å². The number of carboxylic acids is 1. The van der Waals surface area contributed by atoms with Gasteiger partial charge >= 0.3 is 5.97 Å². The average Bonchev–Trinajstić information content (AvgIpc) is 3.05. The Morgan fingerprint density at radius 2 is 1.77 bits per heavy atom. The lowest BCUT2D eigenvalue weighted by Crippen LogP contribution is -2.14. The number of rotatable bonds is 6. The van der Waals surface area contributed by atoms with Gasteiger partial charge in [-0.2, -0.15) is 0 Å². The summed E-state index contributed by atoms with van der Waals surface area (Å²) in [6, 6.07) is 14.0. The van der Waals surface area contributed by atoms with E-state index < -0.39 is 16.0 Å². The lowest BCUT2D eigenvalue weighted by atomic mass is 10.3. The van der Waals surface area contributed by atoms with Gasteiger partial charge in [0.1, 0.15) is 16.5 Å². The first-order valence-corrected chi connectivity index (χ1v) is 9.97. The fourth-order valence-corrected chi connectivity index (χ4v) is 4.36. The summed E-state index contributed by atoms with van der Waals surface area (Å²) in [7, 11) is -3.92. The van der Waals surface area contributed by atoms with Crippen molar-refractivity contribution in [3.63, 3.8) is 0 Å². The summed E-state index contributed by atoms with van der Waals surface area (Å²) in [6.45, 7) is 0. The van der Waals surface area contributed by atoms with E-state index in [9.17, 15) is 13.2 Å². The molecule has 0 atom stereocenters. The van der Waals surface area contributed by atoms with E-state index in [0.717, 1.165) is 11.3 Å². The van der Waals surface area contributed by atoms with E-state index in [-0.39, 0.29) is 15.5 Å². The van der Waals surface area contributed by atoms with Crippen LogP contribution < -0.4 is 9.46 Å². The highest BCUT2D eigenvalue weighted by molar-refractivity contribution is 7.93. The number of carboxylic acid groups (broad SMARTS) is 1. The van der Waals surface area contributed by atoms with Gasteiger partial charge in [0, 0.05) is 0 Å². The van der Waals surface area contributed by atoms with Crippen LogP contribution in [-0.4, -0.2) is 19.5 Å². The van der Waals surface area contributed by atoms with Gasteiger partial charge in [-0.05, 0) is 47.8 Å². The number of hydrogen-bond acceptors (Lipinski definition) is 5. The maximum atomic E-state index is 12.4. The predicted octanol–water partition coefficient (Wildman–Crippen LogP) is 4.69. The van der Waals surface area contributed by atoms with Gasteiger partial charge in [0.15, 0.2) is 0 Å². The Morgan fingerprint density at radius 3 is 2.42 bits per heavy atom. The third-order valence-electron chi connectivity index (χ3n) is 3.32. The van der Waals surface area contributed by atoms with Crippen molar-refractivity contribution in [1.82, 2.24) is 0 Å². The summed E-state index contributed by atoms with van der Waals surface area (Å²) in [5.74, 6) is -0.334. The molecule has 0 saturated carbocycles. The summed E-state index contributed by atoms with van der Waals surface area (Å²) in [5.41, 5.74) is -0.0998. The average molecular weight is 410 g/mol. The zero-order chi connectivity index (χ0) is 18.7. The van der Waals surface area contributed by atoms with Crippen LogP contribution in [0.15, 0.2) is 64.9 Å². The number of para-hydroxylation sites is 1. The molecule has 3 aromatic rings. The fraction of sp³-hybridized carbons (Fsp3) is 0. The first-order chi connectivity index (χ1) is 12.4. The van der Waals surface area contributed by atoms with Gasteiger partial charge in [0.2, 0.25) is 0 Å².